The Hall–Kier alpha value is -2.86. The van der Waals surface area contributed by atoms with Gasteiger partial charge in [-0.2, -0.15) is 10.5 Å². The van der Waals surface area contributed by atoms with Gasteiger partial charge in [0, 0.05) is 31.7 Å². The van der Waals surface area contributed by atoms with E-state index in [0.29, 0.717) is 19.5 Å². The number of carbonyl (C=O) groups is 1. The number of nitrogens with one attached hydrogen (secondary N) is 2. The van der Waals surface area contributed by atoms with E-state index in [9.17, 15) is 4.79 Å². The van der Waals surface area contributed by atoms with Crippen LogP contribution in [0.25, 0.3) is 0 Å². The van der Waals surface area contributed by atoms with Crippen molar-refractivity contribution in [3.05, 3.63) is 41.9 Å². The molecule has 0 radical (unpaired) electrons. The SMILES string of the molecule is N#CCCN/C=C(/C#N)C(=O)NCc1cccnc1. The predicted molar refractivity (Wildman–Crippen MR) is 68.0 cm³/mol. The van der Waals surface area contributed by atoms with E-state index in [-0.39, 0.29) is 5.57 Å². The van der Waals surface area contributed by atoms with Crippen LogP contribution >= 0.6 is 0 Å². The van der Waals surface area contributed by atoms with Gasteiger partial charge >= 0.3 is 0 Å². The minimum Gasteiger partial charge on any atom is -0.389 e. The smallest absolute Gasteiger partial charge is 0.263 e. The second kappa shape index (κ2) is 8.26. The third-order valence-corrected chi connectivity index (χ3v) is 2.17. The standard InChI is InChI=1S/C13H13N5O/c14-4-2-6-17-10-12(7-15)13(19)18-9-11-3-1-5-16-8-11/h1,3,5,8,10,17H,2,6,9H2,(H,18,19)/b12-10-. The highest BCUT2D eigenvalue weighted by atomic mass is 16.1. The molecule has 0 spiro atoms. The van der Waals surface area contributed by atoms with Crippen LogP contribution in [0.4, 0.5) is 0 Å². The van der Waals surface area contributed by atoms with E-state index in [2.05, 4.69) is 15.6 Å². The molecule has 0 fully saturated rings. The molecular formula is C13H13N5O. The van der Waals surface area contributed by atoms with Gasteiger partial charge in [-0.05, 0) is 11.6 Å². The van der Waals surface area contributed by atoms with Crippen molar-refractivity contribution in [1.82, 2.24) is 15.6 Å². The molecular weight excluding hydrogens is 242 g/mol. The van der Waals surface area contributed by atoms with E-state index < -0.39 is 5.91 Å². The first-order valence-corrected chi connectivity index (χ1v) is 5.65. The van der Waals surface area contributed by atoms with E-state index in [0.717, 1.165) is 5.56 Å². The molecule has 0 aromatic carbocycles. The van der Waals surface area contributed by atoms with Gasteiger partial charge in [-0.1, -0.05) is 6.07 Å². The van der Waals surface area contributed by atoms with Gasteiger partial charge in [-0.25, -0.2) is 0 Å². The van der Waals surface area contributed by atoms with Crippen LogP contribution in [0.1, 0.15) is 12.0 Å². The van der Waals surface area contributed by atoms with Gasteiger partial charge in [-0.15, -0.1) is 0 Å². The van der Waals surface area contributed by atoms with Crippen molar-refractivity contribution in [2.45, 2.75) is 13.0 Å². The summed E-state index contributed by atoms with van der Waals surface area (Å²) in [4.78, 5) is 15.6. The number of nitriles is 2. The molecule has 0 atom stereocenters. The number of hydrogen-bond donors (Lipinski definition) is 2. The lowest BCUT2D eigenvalue weighted by molar-refractivity contribution is -0.117. The summed E-state index contributed by atoms with van der Waals surface area (Å²) in [5.41, 5.74) is 0.826. The second-order valence-electron chi connectivity index (χ2n) is 3.58. The first kappa shape index (κ1) is 14.2. The zero-order valence-electron chi connectivity index (χ0n) is 10.3. The average Bonchev–Trinajstić information content (AvgIpc) is 2.46. The van der Waals surface area contributed by atoms with Crippen LogP contribution < -0.4 is 10.6 Å². The highest BCUT2D eigenvalue weighted by molar-refractivity contribution is 5.97. The summed E-state index contributed by atoms with van der Waals surface area (Å²) >= 11 is 0. The summed E-state index contributed by atoms with van der Waals surface area (Å²) in [7, 11) is 0. The Morgan fingerprint density at radius 1 is 1.47 bits per heavy atom. The van der Waals surface area contributed by atoms with Gasteiger partial charge < -0.3 is 10.6 Å². The summed E-state index contributed by atoms with van der Waals surface area (Å²) in [5, 5.41) is 22.6. The fourth-order valence-electron chi connectivity index (χ4n) is 1.23. The molecule has 1 heterocycles. The fourth-order valence-corrected chi connectivity index (χ4v) is 1.23. The lowest BCUT2D eigenvalue weighted by Crippen LogP contribution is -2.25. The molecule has 19 heavy (non-hydrogen) atoms. The molecule has 96 valence electrons. The van der Waals surface area contributed by atoms with Crippen molar-refractivity contribution < 1.29 is 4.79 Å². The van der Waals surface area contributed by atoms with E-state index in [4.69, 9.17) is 10.5 Å². The summed E-state index contributed by atoms with van der Waals surface area (Å²) in [5.74, 6) is -0.462. The highest BCUT2D eigenvalue weighted by Gasteiger charge is 2.07. The number of pyridine rings is 1. The summed E-state index contributed by atoms with van der Waals surface area (Å²) < 4.78 is 0. The number of hydrogen-bond acceptors (Lipinski definition) is 5. The fraction of sp³-hybridized carbons (Fsp3) is 0.231. The summed E-state index contributed by atoms with van der Waals surface area (Å²) in [6.45, 7) is 0.710. The van der Waals surface area contributed by atoms with Crippen LogP contribution in [-0.4, -0.2) is 17.4 Å². The van der Waals surface area contributed by atoms with Gasteiger partial charge in [0.05, 0.1) is 12.5 Å². The quantitative estimate of drug-likeness (QED) is 0.440. The molecule has 0 aliphatic heterocycles. The van der Waals surface area contributed by atoms with Gasteiger partial charge in [0.15, 0.2) is 0 Å². The minimum absolute atomic E-state index is 0.0261. The van der Waals surface area contributed by atoms with Crippen LogP contribution in [-0.2, 0) is 11.3 Å². The molecule has 1 amide bonds. The maximum Gasteiger partial charge on any atom is 0.263 e. The Kier molecular flexibility index (Phi) is 6.18. The lowest BCUT2D eigenvalue weighted by Gasteiger charge is -2.04. The van der Waals surface area contributed by atoms with E-state index in [1.165, 1.54) is 6.20 Å². The average molecular weight is 255 g/mol. The van der Waals surface area contributed by atoms with E-state index in [1.807, 2.05) is 12.1 Å². The largest absolute Gasteiger partial charge is 0.389 e. The second-order valence-corrected chi connectivity index (χ2v) is 3.58. The van der Waals surface area contributed by atoms with Gasteiger partial charge in [0.1, 0.15) is 11.6 Å². The number of amides is 1. The van der Waals surface area contributed by atoms with Crippen LogP contribution in [0, 0.1) is 22.7 Å². The van der Waals surface area contributed by atoms with Crippen molar-refractivity contribution in [2.24, 2.45) is 0 Å². The first-order valence-electron chi connectivity index (χ1n) is 5.65. The first-order chi connectivity index (χ1) is 9.27. The number of carbonyl (C=O) groups excluding carboxylic acids is 1. The zero-order valence-corrected chi connectivity index (χ0v) is 10.3. The molecule has 0 unspecified atom stereocenters. The van der Waals surface area contributed by atoms with Gasteiger partial charge in [0.2, 0.25) is 0 Å². The molecule has 0 saturated heterocycles. The maximum atomic E-state index is 11.7. The van der Waals surface area contributed by atoms with Crippen molar-refractivity contribution >= 4 is 5.91 Å². The van der Waals surface area contributed by atoms with Gasteiger partial charge in [0.25, 0.3) is 5.91 Å². The molecule has 0 aliphatic carbocycles. The van der Waals surface area contributed by atoms with Crippen LogP contribution in [0.5, 0.6) is 0 Å². The third kappa shape index (κ3) is 5.33. The highest BCUT2D eigenvalue weighted by Crippen LogP contribution is 1.96. The predicted octanol–water partition coefficient (Wildman–Crippen LogP) is 0.609. The van der Waals surface area contributed by atoms with Crippen LogP contribution in [0.2, 0.25) is 0 Å². The van der Waals surface area contributed by atoms with Crippen LogP contribution in [0.3, 0.4) is 0 Å². The molecule has 1 aromatic heterocycles. The van der Waals surface area contributed by atoms with E-state index in [1.54, 1.807) is 24.5 Å². The molecule has 2 N–H and O–H groups in total. The third-order valence-electron chi connectivity index (χ3n) is 2.17. The molecule has 1 rings (SSSR count). The zero-order chi connectivity index (χ0) is 13.9. The Morgan fingerprint density at radius 3 is 2.95 bits per heavy atom. The number of nitrogens with zero attached hydrogens (tertiary/aromatic N) is 3. The monoisotopic (exact) mass is 255 g/mol. The normalized spacial score (nSPS) is 10.1. The topological polar surface area (TPSA) is 102 Å². The van der Waals surface area contributed by atoms with Crippen LogP contribution in [0.15, 0.2) is 36.3 Å². The Bertz CT molecular complexity index is 524. The van der Waals surface area contributed by atoms with Crippen molar-refractivity contribution in [1.29, 1.82) is 10.5 Å². The molecule has 1 aromatic rings. The Balaban J connectivity index is 2.47. The minimum atomic E-state index is -0.462. The van der Waals surface area contributed by atoms with Crippen molar-refractivity contribution in [3.8, 4) is 12.1 Å². The Labute approximate surface area is 111 Å². The number of aromatic nitrogens is 1. The summed E-state index contributed by atoms with van der Waals surface area (Å²) in [6, 6.07) is 7.35. The number of rotatable bonds is 6. The molecule has 6 nitrogen and oxygen atoms in total. The van der Waals surface area contributed by atoms with Crippen molar-refractivity contribution in [2.75, 3.05) is 6.54 Å². The molecule has 0 aliphatic rings. The Morgan fingerprint density at radius 2 is 2.32 bits per heavy atom. The lowest BCUT2D eigenvalue weighted by atomic mass is 10.2. The van der Waals surface area contributed by atoms with Crippen molar-refractivity contribution in [3.63, 3.8) is 0 Å². The summed E-state index contributed by atoms with van der Waals surface area (Å²) in [6.07, 6.45) is 4.91. The molecule has 0 saturated carbocycles. The molecule has 6 heteroatoms. The van der Waals surface area contributed by atoms with Gasteiger partial charge in [-0.3, -0.25) is 9.78 Å². The maximum absolute atomic E-state index is 11.7. The molecule has 0 bridgehead atoms. The van der Waals surface area contributed by atoms with E-state index >= 15 is 0 Å².